The molecule has 0 radical (unpaired) electrons. The van der Waals surface area contributed by atoms with Crippen LogP contribution in [0.25, 0.3) is 0 Å². The second kappa shape index (κ2) is 2.44. The fourth-order valence-electron chi connectivity index (χ4n) is 0.906. The van der Waals surface area contributed by atoms with Crippen molar-refractivity contribution in [3.63, 3.8) is 0 Å². The van der Waals surface area contributed by atoms with Crippen molar-refractivity contribution in [1.29, 1.82) is 0 Å². The van der Waals surface area contributed by atoms with Crippen LogP contribution in [0.3, 0.4) is 0 Å². The Morgan fingerprint density at radius 1 is 1.22 bits per heavy atom. The van der Waals surface area contributed by atoms with Gasteiger partial charge in [-0.1, -0.05) is 0 Å². The van der Waals surface area contributed by atoms with Gasteiger partial charge in [-0.3, -0.25) is 0 Å². The molecule has 0 bridgehead atoms. The Kier molecular flexibility index (Phi) is 1.98. The smallest absolute Gasteiger partial charge is 0.195 e. The Hall–Kier alpha value is 0.200. The van der Waals surface area contributed by atoms with Crippen LogP contribution in [-0.4, -0.2) is 25.8 Å². The summed E-state index contributed by atoms with van der Waals surface area (Å²) in [4.78, 5) is 0. The zero-order valence-corrected chi connectivity index (χ0v) is 6.45. The first kappa shape index (κ1) is 7.31. The van der Waals surface area contributed by atoms with Gasteiger partial charge < -0.3 is 0 Å². The molecule has 0 aromatic rings. The summed E-state index contributed by atoms with van der Waals surface area (Å²) in [6.07, 6.45) is 1.87. The van der Waals surface area contributed by atoms with Gasteiger partial charge in [0.05, 0.1) is 0 Å². The molecular formula is C4H8ClNO2S. The molecule has 1 rings (SSSR count). The van der Waals surface area contributed by atoms with E-state index in [0.717, 1.165) is 12.8 Å². The zero-order valence-electron chi connectivity index (χ0n) is 4.88. The number of rotatable bonds is 1. The minimum absolute atomic E-state index is 0.589. The highest BCUT2D eigenvalue weighted by atomic mass is 35.7. The normalized spacial score (nSPS) is 22.8. The Morgan fingerprint density at radius 3 is 1.89 bits per heavy atom. The Morgan fingerprint density at radius 2 is 1.67 bits per heavy atom. The number of halogens is 1. The summed E-state index contributed by atoms with van der Waals surface area (Å²) in [5, 5.41) is 0. The molecule has 1 fully saturated rings. The van der Waals surface area contributed by atoms with Crippen LogP contribution in [0.2, 0.25) is 0 Å². The molecule has 0 aromatic heterocycles. The molecule has 1 aliphatic rings. The molecule has 1 aliphatic heterocycles. The first-order chi connectivity index (χ1) is 4.11. The maximum Gasteiger partial charge on any atom is 0.299 e. The van der Waals surface area contributed by atoms with Crippen molar-refractivity contribution >= 4 is 19.9 Å². The largest absolute Gasteiger partial charge is 0.299 e. The molecule has 0 aromatic carbocycles. The van der Waals surface area contributed by atoms with E-state index in [-0.39, 0.29) is 0 Å². The molecule has 0 saturated carbocycles. The monoisotopic (exact) mass is 169 g/mol. The molecule has 9 heavy (non-hydrogen) atoms. The highest BCUT2D eigenvalue weighted by Gasteiger charge is 2.22. The van der Waals surface area contributed by atoms with Crippen molar-refractivity contribution in [3.05, 3.63) is 0 Å². The van der Waals surface area contributed by atoms with Gasteiger partial charge in [0.25, 0.3) is 9.24 Å². The molecule has 3 nitrogen and oxygen atoms in total. The molecule has 0 spiro atoms. The van der Waals surface area contributed by atoms with Crippen LogP contribution in [0.15, 0.2) is 0 Å². The molecule has 0 unspecified atom stereocenters. The molecule has 5 heteroatoms. The molecule has 0 atom stereocenters. The van der Waals surface area contributed by atoms with E-state index in [1.807, 2.05) is 0 Å². The third-order valence-corrected chi connectivity index (χ3v) is 2.94. The lowest BCUT2D eigenvalue weighted by atomic mass is 10.4. The van der Waals surface area contributed by atoms with Crippen LogP contribution < -0.4 is 0 Å². The molecule has 1 saturated heterocycles. The van der Waals surface area contributed by atoms with Crippen LogP contribution in [0, 0.1) is 0 Å². The van der Waals surface area contributed by atoms with Gasteiger partial charge in [0.1, 0.15) is 0 Å². The third kappa shape index (κ3) is 1.81. The quantitative estimate of drug-likeness (QED) is 0.538. The summed E-state index contributed by atoms with van der Waals surface area (Å²) in [6, 6.07) is 0. The van der Waals surface area contributed by atoms with Crippen LogP contribution >= 0.6 is 10.7 Å². The molecule has 54 valence electrons. The predicted octanol–water partition coefficient (Wildman–Crippen LogP) is 0.566. The van der Waals surface area contributed by atoms with Gasteiger partial charge in [-0.15, -0.1) is 0 Å². The van der Waals surface area contributed by atoms with Crippen LogP contribution in [0.5, 0.6) is 0 Å². The fraction of sp³-hybridized carbons (Fsp3) is 1.00. The molecule has 0 amide bonds. The summed E-state index contributed by atoms with van der Waals surface area (Å²) < 4.78 is 22.3. The van der Waals surface area contributed by atoms with Gasteiger partial charge in [0, 0.05) is 23.8 Å². The van der Waals surface area contributed by atoms with Gasteiger partial charge in [-0.2, -0.15) is 12.7 Å². The maximum atomic E-state index is 10.5. The molecule has 0 aliphatic carbocycles. The first-order valence-corrected chi connectivity index (χ1v) is 5.07. The highest BCUT2D eigenvalue weighted by molar-refractivity contribution is 8.11. The SMILES string of the molecule is O=S(=O)(Cl)N1CCCC1. The van der Waals surface area contributed by atoms with Gasteiger partial charge in [0.2, 0.25) is 0 Å². The highest BCUT2D eigenvalue weighted by Crippen LogP contribution is 2.14. The van der Waals surface area contributed by atoms with Crippen LogP contribution in [0.4, 0.5) is 0 Å². The van der Waals surface area contributed by atoms with E-state index in [9.17, 15) is 8.42 Å². The maximum absolute atomic E-state index is 10.5. The summed E-state index contributed by atoms with van der Waals surface area (Å²) in [6.45, 7) is 1.18. The van der Waals surface area contributed by atoms with E-state index in [0.29, 0.717) is 13.1 Å². The van der Waals surface area contributed by atoms with E-state index < -0.39 is 9.24 Å². The van der Waals surface area contributed by atoms with E-state index in [2.05, 4.69) is 0 Å². The summed E-state index contributed by atoms with van der Waals surface area (Å²) >= 11 is 0. The Balaban J connectivity index is 2.63. The molecule has 1 heterocycles. The zero-order chi connectivity index (χ0) is 6.91. The van der Waals surface area contributed by atoms with Crippen molar-refractivity contribution < 1.29 is 8.42 Å². The van der Waals surface area contributed by atoms with E-state index >= 15 is 0 Å². The number of hydrogen-bond acceptors (Lipinski definition) is 2. The second-order valence-corrected chi connectivity index (χ2v) is 4.56. The molecular weight excluding hydrogens is 162 g/mol. The van der Waals surface area contributed by atoms with E-state index in [1.54, 1.807) is 0 Å². The van der Waals surface area contributed by atoms with Crippen LogP contribution in [-0.2, 0) is 9.24 Å². The average molecular weight is 170 g/mol. The lowest BCUT2D eigenvalue weighted by Gasteiger charge is -2.07. The lowest BCUT2D eigenvalue weighted by molar-refractivity contribution is 0.492. The van der Waals surface area contributed by atoms with E-state index in [1.165, 1.54) is 4.31 Å². The Labute approximate surface area is 59.2 Å². The van der Waals surface area contributed by atoms with Gasteiger partial charge in [0.15, 0.2) is 0 Å². The number of nitrogens with zero attached hydrogens (tertiary/aromatic N) is 1. The predicted molar refractivity (Wildman–Crippen MR) is 35.6 cm³/mol. The minimum Gasteiger partial charge on any atom is -0.195 e. The standard InChI is InChI=1S/C4H8ClNO2S/c5-9(7,8)6-3-1-2-4-6/h1-4H2. The summed E-state index contributed by atoms with van der Waals surface area (Å²) in [7, 11) is 1.64. The molecule has 0 N–H and O–H groups in total. The topological polar surface area (TPSA) is 37.4 Å². The van der Waals surface area contributed by atoms with Crippen molar-refractivity contribution in [1.82, 2.24) is 4.31 Å². The third-order valence-electron chi connectivity index (χ3n) is 1.37. The van der Waals surface area contributed by atoms with Gasteiger partial charge >= 0.3 is 0 Å². The van der Waals surface area contributed by atoms with Gasteiger partial charge in [-0.05, 0) is 12.8 Å². The Bertz CT molecular complexity index is 183. The average Bonchev–Trinajstić information content (AvgIpc) is 2.08. The van der Waals surface area contributed by atoms with Gasteiger partial charge in [-0.25, -0.2) is 0 Å². The van der Waals surface area contributed by atoms with Crippen LogP contribution in [0.1, 0.15) is 12.8 Å². The fourth-order valence-corrected chi connectivity index (χ4v) is 2.01. The van der Waals surface area contributed by atoms with Crippen molar-refractivity contribution in [2.24, 2.45) is 0 Å². The van der Waals surface area contributed by atoms with Crippen molar-refractivity contribution in [2.75, 3.05) is 13.1 Å². The van der Waals surface area contributed by atoms with Crippen molar-refractivity contribution in [3.8, 4) is 0 Å². The minimum atomic E-state index is -3.40. The number of hydrogen-bond donors (Lipinski definition) is 0. The second-order valence-electron chi connectivity index (χ2n) is 2.05. The first-order valence-electron chi connectivity index (χ1n) is 2.80. The van der Waals surface area contributed by atoms with Crippen molar-refractivity contribution in [2.45, 2.75) is 12.8 Å². The lowest BCUT2D eigenvalue weighted by Crippen LogP contribution is -2.22. The van der Waals surface area contributed by atoms with E-state index in [4.69, 9.17) is 10.7 Å². The summed E-state index contributed by atoms with van der Waals surface area (Å²) in [5.74, 6) is 0. The summed E-state index contributed by atoms with van der Waals surface area (Å²) in [5.41, 5.74) is 0.